The van der Waals surface area contributed by atoms with Crippen LogP contribution in [0.5, 0.6) is 0 Å². The first-order chi connectivity index (χ1) is 6.11. The van der Waals surface area contributed by atoms with Gasteiger partial charge in [0.15, 0.2) is 0 Å². The largest absolute Gasteiger partial charge is 0.494 e. The Morgan fingerprint density at radius 1 is 1.54 bits per heavy atom. The van der Waals surface area contributed by atoms with E-state index in [0.29, 0.717) is 18.4 Å². The molecule has 0 fully saturated rings. The number of rotatable bonds is 2. The average molecular weight is 184 g/mol. The van der Waals surface area contributed by atoms with Gasteiger partial charge in [-0.1, -0.05) is 13.8 Å². The Bertz CT molecular complexity index is 210. The summed E-state index contributed by atoms with van der Waals surface area (Å²) in [4.78, 5) is 10.6. The molecule has 0 unspecified atom stereocenters. The van der Waals surface area contributed by atoms with Crippen LogP contribution in [0.15, 0.2) is 12.3 Å². The zero-order chi connectivity index (χ0) is 9.84. The topological polar surface area (TPSA) is 35.5 Å². The minimum atomic E-state index is -0.252. The van der Waals surface area contributed by atoms with Crippen molar-refractivity contribution in [2.75, 3.05) is 6.61 Å². The Balaban J connectivity index is 2.42. The summed E-state index contributed by atoms with van der Waals surface area (Å²) < 4.78 is 10.3. The summed E-state index contributed by atoms with van der Waals surface area (Å²) in [6, 6.07) is 0. The molecule has 0 saturated carbocycles. The molecule has 0 aromatic carbocycles. The van der Waals surface area contributed by atoms with Gasteiger partial charge in [0.25, 0.3) is 0 Å². The predicted octanol–water partition coefficient (Wildman–Crippen LogP) is 1.73. The third kappa shape index (κ3) is 2.76. The predicted molar refractivity (Wildman–Crippen MR) is 49.0 cm³/mol. The maximum absolute atomic E-state index is 10.6. The van der Waals surface area contributed by atoms with E-state index in [-0.39, 0.29) is 12.1 Å². The lowest BCUT2D eigenvalue weighted by molar-refractivity contribution is -0.145. The molecule has 0 radical (unpaired) electrons. The second-order valence-corrected chi connectivity index (χ2v) is 3.52. The van der Waals surface area contributed by atoms with Crippen LogP contribution in [0.1, 0.15) is 20.8 Å². The van der Waals surface area contributed by atoms with E-state index < -0.39 is 0 Å². The van der Waals surface area contributed by atoms with E-state index in [1.165, 1.54) is 6.92 Å². The van der Waals surface area contributed by atoms with E-state index in [9.17, 15) is 4.79 Å². The van der Waals surface area contributed by atoms with Gasteiger partial charge in [0.2, 0.25) is 0 Å². The molecule has 0 spiro atoms. The Morgan fingerprint density at radius 3 is 2.85 bits per heavy atom. The quantitative estimate of drug-likeness (QED) is 0.613. The van der Waals surface area contributed by atoms with Crippen molar-refractivity contribution in [1.82, 2.24) is 0 Å². The van der Waals surface area contributed by atoms with Crippen LogP contribution < -0.4 is 0 Å². The number of esters is 1. The number of hydrogen-bond donors (Lipinski definition) is 0. The summed E-state index contributed by atoms with van der Waals surface area (Å²) in [6.07, 6.45) is 3.72. The first-order valence-corrected chi connectivity index (χ1v) is 4.56. The molecule has 3 atom stereocenters. The van der Waals surface area contributed by atoms with Gasteiger partial charge >= 0.3 is 5.97 Å². The number of hydrogen-bond acceptors (Lipinski definition) is 3. The molecule has 0 aromatic heterocycles. The van der Waals surface area contributed by atoms with Gasteiger partial charge in [-0.3, -0.25) is 4.79 Å². The van der Waals surface area contributed by atoms with Crippen molar-refractivity contribution >= 4 is 5.97 Å². The first-order valence-electron chi connectivity index (χ1n) is 4.56. The number of ether oxygens (including phenoxy) is 2. The fourth-order valence-corrected chi connectivity index (χ4v) is 1.30. The van der Waals surface area contributed by atoms with Crippen molar-refractivity contribution in [2.45, 2.75) is 26.9 Å². The molecular formula is C10H16O3. The lowest BCUT2D eigenvalue weighted by atomic mass is 9.89. The van der Waals surface area contributed by atoms with Gasteiger partial charge in [0, 0.05) is 12.8 Å². The molecule has 0 bridgehead atoms. The third-order valence-corrected chi connectivity index (χ3v) is 2.50. The molecule has 3 heteroatoms. The van der Waals surface area contributed by atoms with Gasteiger partial charge in [0.1, 0.15) is 12.7 Å². The van der Waals surface area contributed by atoms with Gasteiger partial charge in [-0.25, -0.2) is 0 Å². The third-order valence-electron chi connectivity index (χ3n) is 2.50. The number of carbonyl (C=O) groups is 1. The van der Waals surface area contributed by atoms with Crippen molar-refractivity contribution in [3.8, 4) is 0 Å². The van der Waals surface area contributed by atoms with E-state index in [4.69, 9.17) is 9.47 Å². The van der Waals surface area contributed by atoms with Crippen LogP contribution in [-0.2, 0) is 14.3 Å². The maximum atomic E-state index is 10.6. The van der Waals surface area contributed by atoms with Crippen LogP contribution in [-0.4, -0.2) is 18.7 Å². The van der Waals surface area contributed by atoms with Gasteiger partial charge in [0.05, 0.1) is 6.26 Å². The maximum Gasteiger partial charge on any atom is 0.302 e. The lowest BCUT2D eigenvalue weighted by Gasteiger charge is -2.29. The lowest BCUT2D eigenvalue weighted by Crippen LogP contribution is -2.32. The fourth-order valence-electron chi connectivity index (χ4n) is 1.30. The van der Waals surface area contributed by atoms with Crippen molar-refractivity contribution < 1.29 is 14.3 Å². The van der Waals surface area contributed by atoms with E-state index in [1.54, 1.807) is 6.26 Å². The van der Waals surface area contributed by atoms with Crippen LogP contribution in [0.2, 0.25) is 0 Å². The summed E-state index contributed by atoms with van der Waals surface area (Å²) in [5.74, 6) is 0.622. The van der Waals surface area contributed by atoms with Crippen molar-refractivity contribution in [3.05, 3.63) is 12.3 Å². The van der Waals surface area contributed by atoms with Gasteiger partial charge in [-0.15, -0.1) is 0 Å². The monoisotopic (exact) mass is 184 g/mol. The summed E-state index contributed by atoms with van der Waals surface area (Å²) in [7, 11) is 0. The molecule has 1 heterocycles. The van der Waals surface area contributed by atoms with E-state index in [1.807, 2.05) is 6.08 Å². The number of carbonyl (C=O) groups excluding carboxylic acids is 1. The molecule has 0 aliphatic carbocycles. The molecule has 1 rings (SSSR count). The number of allylic oxidation sites excluding steroid dienone is 1. The highest BCUT2D eigenvalue weighted by Gasteiger charge is 2.26. The summed E-state index contributed by atoms with van der Waals surface area (Å²) in [5.41, 5.74) is 0. The van der Waals surface area contributed by atoms with Gasteiger partial charge < -0.3 is 9.47 Å². The summed E-state index contributed by atoms with van der Waals surface area (Å²) in [5, 5.41) is 0. The normalized spacial score (nSPS) is 32.4. The smallest absolute Gasteiger partial charge is 0.302 e. The van der Waals surface area contributed by atoms with Gasteiger partial charge in [-0.05, 0) is 12.0 Å². The summed E-state index contributed by atoms with van der Waals surface area (Å²) >= 11 is 0. The molecular weight excluding hydrogens is 168 g/mol. The van der Waals surface area contributed by atoms with Crippen molar-refractivity contribution in [2.24, 2.45) is 11.8 Å². The second kappa shape index (κ2) is 4.30. The minimum absolute atomic E-state index is 0.00361. The molecule has 1 aliphatic heterocycles. The van der Waals surface area contributed by atoms with Crippen LogP contribution in [0, 0.1) is 11.8 Å². The van der Waals surface area contributed by atoms with E-state index >= 15 is 0 Å². The Morgan fingerprint density at radius 2 is 2.23 bits per heavy atom. The Kier molecular flexibility index (Phi) is 3.34. The molecule has 13 heavy (non-hydrogen) atoms. The molecule has 0 saturated heterocycles. The van der Waals surface area contributed by atoms with E-state index in [2.05, 4.69) is 13.8 Å². The van der Waals surface area contributed by atoms with Crippen molar-refractivity contribution in [1.29, 1.82) is 0 Å². The zero-order valence-electron chi connectivity index (χ0n) is 8.32. The molecule has 74 valence electrons. The van der Waals surface area contributed by atoms with Crippen LogP contribution in [0.4, 0.5) is 0 Å². The molecule has 0 N–H and O–H groups in total. The zero-order valence-corrected chi connectivity index (χ0v) is 8.32. The molecule has 0 aromatic rings. The van der Waals surface area contributed by atoms with E-state index in [0.717, 1.165) is 0 Å². The molecule has 0 amide bonds. The minimum Gasteiger partial charge on any atom is -0.494 e. The molecule has 3 nitrogen and oxygen atoms in total. The Hall–Kier alpha value is -0.990. The second-order valence-electron chi connectivity index (χ2n) is 3.52. The highest BCUT2D eigenvalue weighted by molar-refractivity contribution is 5.65. The Labute approximate surface area is 78.7 Å². The highest BCUT2D eigenvalue weighted by atomic mass is 16.6. The average Bonchev–Trinajstić information content (AvgIpc) is 2.07. The highest BCUT2D eigenvalue weighted by Crippen LogP contribution is 2.23. The standard InChI is InChI=1S/C10H16O3/c1-7-4-5-12-10(8(7)2)6-13-9(3)11/h4-5,7-8,10H,6H2,1-3H3/t7-,8-,10-/m0/s1. The first kappa shape index (κ1) is 10.1. The SMILES string of the molecule is CC(=O)OC[C@@H]1OC=C[C@H](C)[C@@H]1C. The summed E-state index contributed by atoms with van der Waals surface area (Å²) in [6.45, 7) is 5.99. The van der Waals surface area contributed by atoms with Crippen LogP contribution >= 0.6 is 0 Å². The van der Waals surface area contributed by atoms with Gasteiger partial charge in [-0.2, -0.15) is 0 Å². The van der Waals surface area contributed by atoms with Crippen LogP contribution in [0.25, 0.3) is 0 Å². The fraction of sp³-hybridized carbons (Fsp3) is 0.700. The van der Waals surface area contributed by atoms with Crippen molar-refractivity contribution in [3.63, 3.8) is 0 Å². The molecule has 1 aliphatic rings. The van der Waals surface area contributed by atoms with Crippen LogP contribution in [0.3, 0.4) is 0 Å².